The highest BCUT2D eigenvalue weighted by Crippen LogP contribution is 2.35. The maximum atomic E-state index is 5.99. The number of hydrogen-bond acceptors (Lipinski definition) is 3. The number of ether oxygens (including phenoxy) is 1. The first-order chi connectivity index (χ1) is 11.8. The first-order valence-electron chi connectivity index (χ1n) is 8.57. The average Bonchev–Trinajstić information content (AvgIpc) is 3.10. The van der Waals surface area contributed by atoms with Gasteiger partial charge in [-0.05, 0) is 30.5 Å². The second-order valence-electron chi connectivity index (χ2n) is 6.46. The lowest BCUT2D eigenvalue weighted by Gasteiger charge is -2.20. The highest BCUT2D eigenvalue weighted by molar-refractivity contribution is 5.92. The van der Waals surface area contributed by atoms with Gasteiger partial charge in [-0.2, -0.15) is 0 Å². The Morgan fingerprint density at radius 1 is 1.08 bits per heavy atom. The third-order valence-electron chi connectivity index (χ3n) is 4.87. The largest absolute Gasteiger partial charge is 0.384 e. The molecule has 1 fully saturated rings. The topological polar surface area (TPSA) is 34.1 Å². The van der Waals surface area contributed by atoms with Gasteiger partial charge in [0.15, 0.2) is 0 Å². The van der Waals surface area contributed by atoms with Crippen LogP contribution in [0.1, 0.15) is 23.7 Å². The molecular formula is C21H22N2O. The van der Waals surface area contributed by atoms with E-state index in [-0.39, 0.29) is 6.10 Å². The summed E-state index contributed by atoms with van der Waals surface area (Å²) in [6.45, 7) is 3.85. The molecule has 1 aromatic heterocycles. The molecule has 0 radical (unpaired) electrons. The van der Waals surface area contributed by atoms with Gasteiger partial charge in [0.2, 0.25) is 0 Å². The van der Waals surface area contributed by atoms with Gasteiger partial charge in [0.1, 0.15) is 0 Å². The van der Waals surface area contributed by atoms with Crippen LogP contribution in [0.3, 0.4) is 0 Å². The number of aryl methyl sites for hydroxylation is 1. The summed E-state index contributed by atoms with van der Waals surface area (Å²) in [5.74, 6) is 0.487. The van der Waals surface area contributed by atoms with Crippen molar-refractivity contribution in [3.63, 3.8) is 0 Å². The first-order valence-corrected chi connectivity index (χ1v) is 8.57. The molecule has 1 N–H and O–H groups in total. The van der Waals surface area contributed by atoms with Gasteiger partial charge in [0, 0.05) is 36.3 Å². The highest BCUT2D eigenvalue weighted by Gasteiger charge is 2.29. The van der Waals surface area contributed by atoms with E-state index in [9.17, 15) is 0 Å². The van der Waals surface area contributed by atoms with Crippen LogP contribution in [0.25, 0.3) is 10.9 Å². The van der Waals surface area contributed by atoms with Crippen LogP contribution in [0, 0.1) is 12.8 Å². The zero-order chi connectivity index (χ0) is 16.4. The molecule has 3 nitrogen and oxygen atoms in total. The van der Waals surface area contributed by atoms with Crippen molar-refractivity contribution in [1.82, 2.24) is 4.98 Å². The van der Waals surface area contributed by atoms with E-state index in [1.54, 1.807) is 0 Å². The van der Waals surface area contributed by atoms with Gasteiger partial charge >= 0.3 is 0 Å². The van der Waals surface area contributed by atoms with Crippen molar-refractivity contribution in [2.75, 3.05) is 18.5 Å². The molecule has 0 spiro atoms. The molecule has 2 heterocycles. The molecule has 1 saturated heterocycles. The molecule has 1 aliphatic rings. The fourth-order valence-corrected chi connectivity index (χ4v) is 3.57. The molecule has 4 rings (SSSR count). The number of hydrogen-bond donors (Lipinski definition) is 1. The van der Waals surface area contributed by atoms with Crippen LogP contribution in [0.15, 0.2) is 60.8 Å². The molecule has 2 aromatic carbocycles. The summed E-state index contributed by atoms with van der Waals surface area (Å²) in [6.07, 6.45) is 3.17. The lowest BCUT2D eigenvalue weighted by atomic mass is 9.95. The standard InChI is InChI=1S/C21H22N2O/c1-15-6-5-9-18-19(10-12-22-20(15)18)23-14-17-11-13-24-21(17)16-7-3-2-4-8-16/h2-10,12,17,21H,11,13-14H2,1H3,(H,22,23). The Labute approximate surface area is 142 Å². The van der Waals surface area contributed by atoms with E-state index in [1.807, 2.05) is 6.20 Å². The normalized spacial score (nSPS) is 20.4. The zero-order valence-corrected chi connectivity index (χ0v) is 13.9. The van der Waals surface area contributed by atoms with E-state index in [4.69, 9.17) is 4.74 Å². The maximum Gasteiger partial charge on any atom is 0.0870 e. The molecule has 0 saturated carbocycles. The number of rotatable bonds is 4. The van der Waals surface area contributed by atoms with Gasteiger partial charge in [-0.1, -0.05) is 48.5 Å². The number of para-hydroxylation sites is 1. The highest BCUT2D eigenvalue weighted by atomic mass is 16.5. The quantitative estimate of drug-likeness (QED) is 0.755. The molecule has 3 heteroatoms. The molecule has 0 bridgehead atoms. The number of anilines is 1. The molecule has 2 atom stereocenters. The summed E-state index contributed by atoms with van der Waals surface area (Å²) >= 11 is 0. The van der Waals surface area contributed by atoms with Gasteiger partial charge < -0.3 is 10.1 Å². The SMILES string of the molecule is Cc1cccc2c(NCC3CCOC3c3ccccc3)ccnc12. The number of nitrogens with one attached hydrogen (secondary N) is 1. The van der Waals surface area contributed by atoms with Crippen molar-refractivity contribution in [1.29, 1.82) is 0 Å². The van der Waals surface area contributed by atoms with Gasteiger partial charge in [0.05, 0.1) is 11.6 Å². The summed E-state index contributed by atoms with van der Waals surface area (Å²) < 4.78 is 5.99. The molecule has 3 aromatic rings. The fraction of sp³-hybridized carbons (Fsp3) is 0.286. The Hall–Kier alpha value is -2.39. The molecule has 24 heavy (non-hydrogen) atoms. The second-order valence-corrected chi connectivity index (χ2v) is 6.46. The van der Waals surface area contributed by atoms with Crippen molar-refractivity contribution in [2.24, 2.45) is 5.92 Å². The van der Waals surface area contributed by atoms with Crippen LogP contribution < -0.4 is 5.32 Å². The van der Waals surface area contributed by atoms with Gasteiger partial charge in [-0.3, -0.25) is 4.98 Å². The lowest BCUT2D eigenvalue weighted by Crippen LogP contribution is -2.18. The minimum Gasteiger partial charge on any atom is -0.384 e. The predicted molar refractivity (Wildman–Crippen MR) is 98.2 cm³/mol. The Balaban J connectivity index is 1.54. The van der Waals surface area contributed by atoms with E-state index < -0.39 is 0 Å². The van der Waals surface area contributed by atoms with Gasteiger partial charge in [-0.25, -0.2) is 0 Å². The summed E-state index contributed by atoms with van der Waals surface area (Å²) in [6, 6.07) is 18.9. The fourth-order valence-electron chi connectivity index (χ4n) is 3.57. The first kappa shape index (κ1) is 15.2. The van der Waals surface area contributed by atoms with Crippen molar-refractivity contribution >= 4 is 16.6 Å². The smallest absolute Gasteiger partial charge is 0.0870 e. The van der Waals surface area contributed by atoms with Crippen LogP contribution in [0.5, 0.6) is 0 Å². The molecule has 2 unspecified atom stereocenters. The number of pyridine rings is 1. The molecule has 1 aliphatic heterocycles. The van der Waals surface area contributed by atoms with Crippen molar-refractivity contribution in [2.45, 2.75) is 19.4 Å². The molecule has 0 amide bonds. The zero-order valence-electron chi connectivity index (χ0n) is 13.9. The number of nitrogens with zero attached hydrogens (tertiary/aromatic N) is 1. The summed E-state index contributed by atoms with van der Waals surface area (Å²) in [5, 5.41) is 4.82. The van der Waals surface area contributed by atoms with E-state index in [0.29, 0.717) is 5.92 Å². The van der Waals surface area contributed by atoms with E-state index >= 15 is 0 Å². The van der Waals surface area contributed by atoms with Crippen LogP contribution in [0.4, 0.5) is 5.69 Å². The predicted octanol–water partition coefficient (Wildman–Crippen LogP) is 4.73. The van der Waals surface area contributed by atoms with Gasteiger partial charge in [0.25, 0.3) is 0 Å². The Bertz CT molecular complexity index is 832. The average molecular weight is 318 g/mol. The number of benzene rings is 2. The minimum absolute atomic E-state index is 0.188. The summed E-state index contributed by atoms with van der Waals surface area (Å²) in [5.41, 5.74) is 4.71. The van der Waals surface area contributed by atoms with Crippen LogP contribution in [0.2, 0.25) is 0 Å². The minimum atomic E-state index is 0.188. The number of aromatic nitrogens is 1. The monoisotopic (exact) mass is 318 g/mol. The third kappa shape index (κ3) is 2.87. The van der Waals surface area contributed by atoms with Crippen LogP contribution >= 0.6 is 0 Å². The van der Waals surface area contributed by atoms with E-state index in [0.717, 1.165) is 30.8 Å². The lowest BCUT2D eigenvalue weighted by molar-refractivity contribution is 0.0933. The Morgan fingerprint density at radius 2 is 1.96 bits per heavy atom. The number of fused-ring (bicyclic) bond motifs is 1. The molecule has 0 aliphatic carbocycles. The van der Waals surface area contributed by atoms with Crippen molar-refractivity contribution in [3.05, 3.63) is 71.9 Å². The van der Waals surface area contributed by atoms with E-state index in [1.165, 1.54) is 16.5 Å². The van der Waals surface area contributed by atoms with Crippen molar-refractivity contribution < 1.29 is 4.74 Å². The maximum absolute atomic E-state index is 5.99. The summed E-state index contributed by atoms with van der Waals surface area (Å²) in [4.78, 5) is 4.52. The van der Waals surface area contributed by atoms with Gasteiger partial charge in [-0.15, -0.1) is 0 Å². The van der Waals surface area contributed by atoms with Crippen molar-refractivity contribution in [3.8, 4) is 0 Å². The third-order valence-corrected chi connectivity index (χ3v) is 4.87. The molecular weight excluding hydrogens is 296 g/mol. The molecule has 122 valence electrons. The van der Waals surface area contributed by atoms with E-state index in [2.05, 4.69) is 71.8 Å². The second kappa shape index (κ2) is 6.62. The Morgan fingerprint density at radius 3 is 2.83 bits per heavy atom. The van der Waals surface area contributed by atoms with Crippen LogP contribution in [-0.2, 0) is 4.74 Å². The summed E-state index contributed by atoms with van der Waals surface area (Å²) in [7, 11) is 0. The van der Waals surface area contributed by atoms with Crippen LogP contribution in [-0.4, -0.2) is 18.1 Å². The Kier molecular flexibility index (Phi) is 4.18.